The van der Waals surface area contributed by atoms with Crippen molar-refractivity contribution in [1.82, 2.24) is 0 Å². The van der Waals surface area contributed by atoms with E-state index in [0.29, 0.717) is 0 Å². The normalized spacial score (nSPS) is 51.5. The van der Waals surface area contributed by atoms with Gasteiger partial charge in [-0.3, -0.25) is 0 Å². The molecule has 0 radical (unpaired) electrons. The molecule has 66 valence electrons. The van der Waals surface area contributed by atoms with Crippen LogP contribution in [0.2, 0.25) is 0 Å². The van der Waals surface area contributed by atoms with Gasteiger partial charge < -0.3 is 30.3 Å². The average Bonchev–Trinajstić information content (AvgIpc) is 2.17. The third kappa shape index (κ3) is 1.24. The largest absolute Gasteiger partial charge is 0.391 e. The number of aliphatic hydroxyl groups excluding tert-OH is 4. The first-order chi connectivity index (χ1) is 5.01. The summed E-state index contributed by atoms with van der Waals surface area (Å²) in [5, 5.41) is 44.1. The second-order valence-corrected chi connectivity index (χ2v) is 2.45. The third-order valence-corrected chi connectivity index (χ3v) is 1.63. The quantitative estimate of drug-likeness (QED) is 0.279. The number of aliphatic hydroxyl groups is 5. The predicted molar refractivity (Wildman–Crippen MR) is 31.1 cm³/mol. The Hall–Kier alpha value is -0.240. The zero-order valence-electron chi connectivity index (χ0n) is 5.58. The maximum Gasteiger partial charge on any atom is 0.221 e. The van der Waals surface area contributed by atoms with Crippen LogP contribution in [-0.2, 0) is 4.74 Å². The van der Waals surface area contributed by atoms with Gasteiger partial charge >= 0.3 is 0 Å². The summed E-state index contributed by atoms with van der Waals surface area (Å²) in [6.07, 6.45) is -4.95. The van der Waals surface area contributed by atoms with Crippen LogP contribution in [0.5, 0.6) is 0 Å². The van der Waals surface area contributed by atoms with E-state index in [0.717, 1.165) is 0 Å². The fraction of sp³-hybridized carbons (Fsp3) is 1.00. The van der Waals surface area contributed by atoms with E-state index in [9.17, 15) is 0 Å². The van der Waals surface area contributed by atoms with Gasteiger partial charge in [0.2, 0.25) is 5.79 Å². The van der Waals surface area contributed by atoms with Crippen molar-refractivity contribution < 1.29 is 30.3 Å². The Kier molecular flexibility index (Phi) is 2.15. The Morgan fingerprint density at radius 1 is 1.27 bits per heavy atom. The molecule has 0 aromatic heterocycles. The van der Waals surface area contributed by atoms with E-state index < -0.39 is 30.9 Å². The molecule has 0 spiro atoms. The van der Waals surface area contributed by atoms with Gasteiger partial charge in [0.15, 0.2) is 6.29 Å². The first kappa shape index (κ1) is 8.85. The molecule has 4 atom stereocenters. The van der Waals surface area contributed by atoms with Gasteiger partial charge in [-0.2, -0.15) is 0 Å². The van der Waals surface area contributed by atoms with Crippen molar-refractivity contribution in [3.05, 3.63) is 0 Å². The van der Waals surface area contributed by atoms with E-state index in [2.05, 4.69) is 4.74 Å². The standard InChI is InChI=1S/C5H10O6/c6-1-5(10)3(8)2(7)4(9)11-5/h2-4,6-10H,1H2/t2-,3-,4-,5+/m1/s1. The first-order valence-electron chi connectivity index (χ1n) is 3.06. The molecule has 0 saturated carbocycles. The molecule has 0 aromatic rings. The minimum absolute atomic E-state index is 0.887. The van der Waals surface area contributed by atoms with Gasteiger partial charge in [-0.1, -0.05) is 0 Å². The maximum absolute atomic E-state index is 9.07. The maximum atomic E-state index is 9.07. The topological polar surface area (TPSA) is 110 Å². The lowest BCUT2D eigenvalue weighted by Gasteiger charge is -2.22. The smallest absolute Gasteiger partial charge is 0.221 e. The number of rotatable bonds is 1. The third-order valence-electron chi connectivity index (χ3n) is 1.63. The molecule has 6 nitrogen and oxygen atoms in total. The highest BCUT2D eigenvalue weighted by atomic mass is 16.7. The van der Waals surface area contributed by atoms with Crippen LogP contribution in [0.25, 0.3) is 0 Å². The van der Waals surface area contributed by atoms with E-state index in [1.54, 1.807) is 0 Å². The summed E-state index contributed by atoms with van der Waals surface area (Å²) >= 11 is 0. The summed E-state index contributed by atoms with van der Waals surface area (Å²) in [5.41, 5.74) is 0. The number of hydrogen-bond donors (Lipinski definition) is 5. The van der Waals surface area contributed by atoms with Gasteiger partial charge in [-0.05, 0) is 0 Å². The van der Waals surface area contributed by atoms with Crippen molar-refractivity contribution in [2.75, 3.05) is 6.61 Å². The Bertz CT molecular complexity index is 150. The summed E-state index contributed by atoms with van der Waals surface area (Å²) in [5.74, 6) is -2.25. The van der Waals surface area contributed by atoms with Crippen molar-refractivity contribution >= 4 is 0 Å². The van der Waals surface area contributed by atoms with Gasteiger partial charge in [0.25, 0.3) is 0 Å². The highest BCUT2D eigenvalue weighted by molar-refractivity contribution is 4.90. The van der Waals surface area contributed by atoms with E-state index in [1.807, 2.05) is 0 Å². The molecule has 1 rings (SSSR count). The highest BCUT2D eigenvalue weighted by Gasteiger charge is 2.52. The van der Waals surface area contributed by atoms with Gasteiger partial charge in [0, 0.05) is 0 Å². The van der Waals surface area contributed by atoms with Crippen molar-refractivity contribution in [3.8, 4) is 0 Å². The monoisotopic (exact) mass is 166 g/mol. The SMILES string of the molecule is OC[C@]1(O)O[C@@H](O)[C@H](O)[C@H]1O. The molecule has 1 aliphatic heterocycles. The summed E-state index contributed by atoms with van der Waals surface area (Å²) in [6.45, 7) is -0.887. The number of hydrogen-bond acceptors (Lipinski definition) is 6. The van der Waals surface area contributed by atoms with Gasteiger partial charge in [0.1, 0.15) is 12.2 Å². The van der Waals surface area contributed by atoms with Crippen molar-refractivity contribution in [3.63, 3.8) is 0 Å². The molecule has 0 aromatic carbocycles. The minimum atomic E-state index is -2.25. The zero-order chi connectivity index (χ0) is 8.65. The Morgan fingerprint density at radius 2 is 1.82 bits per heavy atom. The Morgan fingerprint density at radius 3 is 2.00 bits per heavy atom. The van der Waals surface area contributed by atoms with Crippen LogP contribution >= 0.6 is 0 Å². The van der Waals surface area contributed by atoms with Crippen LogP contribution in [0, 0.1) is 0 Å². The molecule has 1 heterocycles. The molecular weight excluding hydrogens is 156 g/mol. The van der Waals surface area contributed by atoms with Crippen LogP contribution in [-0.4, -0.2) is 56.4 Å². The molecule has 0 amide bonds. The lowest BCUT2D eigenvalue weighted by Crippen LogP contribution is -2.46. The molecule has 0 bridgehead atoms. The molecule has 1 aliphatic rings. The molecule has 6 heteroatoms. The summed E-state index contributed by atoms with van der Waals surface area (Å²) in [6, 6.07) is 0. The van der Waals surface area contributed by atoms with Gasteiger partial charge in [0.05, 0.1) is 6.61 Å². The molecule has 5 N–H and O–H groups in total. The fourth-order valence-corrected chi connectivity index (χ4v) is 0.902. The summed E-state index contributed by atoms with van der Waals surface area (Å²) < 4.78 is 4.28. The fourth-order valence-electron chi connectivity index (χ4n) is 0.902. The van der Waals surface area contributed by atoms with Crippen LogP contribution in [0.4, 0.5) is 0 Å². The Labute approximate surface area is 62.3 Å². The van der Waals surface area contributed by atoms with Crippen LogP contribution in [0.15, 0.2) is 0 Å². The number of ether oxygens (including phenoxy) is 1. The van der Waals surface area contributed by atoms with E-state index >= 15 is 0 Å². The molecule has 11 heavy (non-hydrogen) atoms. The lowest BCUT2D eigenvalue weighted by molar-refractivity contribution is -0.272. The Balaban J connectivity index is 2.73. The molecule has 1 saturated heterocycles. The van der Waals surface area contributed by atoms with Crippen LogP contribution in [0.1, 0.15) is 0 Å². The summed E-state index contributed by atoms with van der Waals surface area (Å²) in [7, 11) is 0. The molecule has 1 fully saturated rings. The van der Waals surface area contributed by atoms with Crippen molar-refractivity contribution in [1.29, 1.82) is 0 Å². The molecule has 0 aliphatic carbocycles. The van der Waals surface area contributed by atoms with Crippen LogP contribution < -0.4 is 0 Å². The van der Waals surface area contributed by atoms with E-state index in [1.165, 1.54) is 0 Å². The summed E-state index contributed by atoms with van der Waals surface area (Å²) in [4.78, 5) is 0. The van der Waals surface area contributed by atoms with Crippen molar-refractivity contribution in [2.45, 2.75) is 24.3 Å². The predicted octanol–water partition coefficient (Wildman–Crippen LogP) is -3.26. The average molecular weight is 166 g/mol. The van der Waals surface area contributed by atoms with Gasteiger partial charge in [-0.25, -0.2) is 0 Å². The highest BCUT2D eigenvalue weighted by Crippen LogP contribution is 2.26. The van der Waals surface area contributed by atoms with E-state index in [-0.39, 0.29) is 0 Å². The van der Waals surface area contributed by atoms with Crippen molar-refractivity contribution in [2.24, 2.45) is 0 Å². The lowest BCUT2D eigenvalue weighted by atomic mass is 10.1. The van der Waals surface area contributed by atoms with Gasteiger partial charge in [-0.15, -0.1) is 0 Å². The minimum Gasteiger partial charge on any atom is -0.391 e. The molecular formula is C5H10O6. The second-order valence-electron chi connectivity index (χ2n) is 2.45. The second kappa shape index (κ2) is 2.67. The van der Waals surface area contributed by atoms with E-state index in [4.69, 9.17) is 25.5 Å². The first-order valence-corrected chi connectivity index (χ1v) is 3.06. The molecule has 0 unspecified atom stereocenters. The van der Waals surface area contributed by atoms with Crippen LogP contribution in [0.3, 0.4) is 0 Å². The zero-order valence-corrected chi connectivity index (χ0v) is 5.58.